The Kier molecular flexibility index (Phi) is 5.83. The Hall–Kier alpha value is -2.77. The molecule has 0 spiro atoms. The monoisotopic (exact) mass is 438 g/mol. The van der Waals surface area contributed by atoms with Gasteiger partial charge in [0.15, 0.2) is 0 Å². The molecule has 0 aromatic heterocycles. The van der Waals surface area contributed by atoms with Crippen LogP contribution in [0.15, 0.2) is 82.6 Å². The van der Waals surface area contributed by atoms with Crippen molar-refractivity contribution in [3.05, 3.63) is 83.9 Å². The second-order valence-corrected chi connectivity index (χ2v) is 9.85. The van der Waals surface area contributed by atoms with E-state index in [2.05, 4.69) is 16.9 Å². The normalized spacial score (nSPS) is 13.2. The predicted octanol–water partition coefficient (Wildman–Crippen LogP) is 4.69. The fourth-order valence-corrected chi connectivity index (χ4v) is 5.42. The zero-order chi connectivity index (χ0) is 21.1. The molecule has 0 unspecified atom stereocenters. The number of carbonyl (C=O) groups is 1. The number of nitrogens with one attached hydrogen (secondary N) is 1. The lowest BCUT2D eigenvalue weighted by molar-refractivity contribution is -0.116. The van der Waals surface area contributed by atoms with Gasteiger partial charge in [-0.2, -0.15) is 0 Å². The number of hydrogen-bond donors (Lipinski definition) is 1. The summed E-state index contributed by atoms with van der Waals surface area (Å²) >= 11 is 1.74. The summed E-state index contributed by atoms with van der Waals surface area (Å²) < 4.78 is 28.3. The van der Waals surface area contributed by atoms with Gasteiger partial charge in [0.1, 0.15) is 0 Å². The number of carbonyl (C=O) groups excluding carboxylic acids is 1. The predicted molar refractivity (Wildman–Crippen MR) is 121 cm³/mol. The van der Waals surface area contributed by atoms with Gasteiger partial charge in [0, 0.05) is 35.5 Å². The van der Waals surface area contributed by atoms with Gasteiger partial charge < -0.3 is 4.90 Å². The third kappa shape index (κ3) is 4.52. The first-order chi connectivity index (χ1) is 14.4. The molecule has 5 nitrogen and oxygen atoms in total. The number of fused-ring (bicyclic) bond motifs is 1. The maximum Gasteiger partial charge on any atom is 0.261 e. The highest BCUT2D eigenvalue weighted by Crippen LogP contribution is 2.31. The van der Waals surface area contributed by atoms with E-state index < -0.39 is 10.0 Å². The first kappa shape index (κ1) is 20.5. The molecule has 7 heteroatoms. The van der Waals surface area contributed by atoms with E-state index in [1.165, 1.54) is 11.8 Å². The topological polar surface area (TPSA) is 66.5 Å². The van der Waals surface area contributed by atoms with Crippen molar-refractivity contribution in [3.63, 3.8) is 0 Å². The fourth-order valence-electron chi connectivity index (χ4n) is 3.44. The van der Waals surface area contributed by atoms with Gasteiger partial charge in [0.2, 0.25) is 5.91 Å². The molecule has 4 rings (SSSR count). The van der Waals surface area contributed by atoms with Crippen LogP contribution in [-0.4, -0.2) is 20.9 Å². The second kappa shape index (κ2) is 8.53. The molecule has 30 heavy (non-hydrogen) atoms. The molecule has 1 aliphatic rings. The number of nitrogens with zero attached hydrogens (tertiary/aromatic N) is 1. The standard InChI is InChI=1S/C23H22N2O3S2/c1-17(26)25-14-13-19-15-22(11-12-23(19)25)30(27,28)24-20-9-7-18(8-10-20)16-29-21-5-3-2-4-6-21/h2-12,15,24H,13-14,16H2,1H3. The van der Waals surface area contributed by atoms with Crippen molar-refractivity contribution in [2.75, 3.05) is 16.2 Å². The van der Waals surface area contributed by atoms with E-state index in [9.17, 15) is 13.2 Å². The summed E-state index contributed by atoms with van der Waals surface area (Å²) in [4.78, 5) is 14.8. The SMILES string of the molecule is CC(=O)N1CCc2cc(S(=O)(=O)Nc3ccc(CSc4ccccc4)cc3)ccc21. The Labute approximate surface area is 181 Å². The van der Waals surface area contributed by atoms with Gasteiger partial charge in [-0.1, -0.05) is 30.3 Å². The molecular formula is C23H22N2O3S2. The van der Waals surface area contributed by atoms with Crippen LogP contribution in [0.2, 0.25) is 0 Å². The third-order valence-electron chi connectivity index (χ3n) is 4.99. The van der Waals surface area contributed by atoms with Crippen molar-refractivity contribution in [2.24, 2.45) is 0 Å². The maximum absolute atomic E-state index is 12.8. The van der Waals surface area contributed by atoms with Gasteiger partial charge in [0.05, 0.1) is 4.90 Å². The van der Waals surface area contributed by atoms with E-state index in [-0.39, 0.29) is 10.8 Å². The van der Waals surface area contributed by atoms with Gasteiger partial charge in [-0.05, 0) is 60.0 Å². The number of thioether (sulfide) groups is 1. The molecule has 1 amide bonds. The molecule has 0 radical (unpaired) electrons. The quantitative estimate of drug-likeness (QED) is 0.567. The van der Waals surface area contributed by atoms with Crippen molar-refractivity contribution in [1.82, 2.24) is 0 Å². The average Bonchev–Trinajstić information content (AvgIpc) is 3.17. The van der Waals surface area contributed by atoms with Gasteiger partial charge in [-0.3, -0.25) is 9.52 Å². The summed E-state index contributed by atoms with van der Waals surface area (Å²) in [6.45, 7) is 2.10. The third-order valence-corrected chi connectivity index (χ3v) is 7.45. The second-order valence-electron chi connectivity index (χ2n) is 7.12. The first-order valence-corrected chi connectivity index (χ1v) is 12.1. The van der Waals surface area contributed by atoms with E-state index in [1.54, 1.807) is 47.0 Å². The fraction of sp³-hybridized carbons (Fsp3) is 0.174. The van der Waals surface area contributed by atoms with E-state index in [0.717, 1.165) is 22.6 Å². The van der Waals surface area contributed by atoms with Gasteiger partial charge in [-0.15, -0.1) is 11.8 Å². The lowest BCUT2D eigenvalue weighted by atomic mass is 10.2. The van der Waals surface area contributed by atoms with Crippen molar-refractivity contribution in [1.29, 1.82) is 0 Å². The van der Waals surface area contributed by atoms with E-state index in [1.807, 2.05) is 30.3 Å². The Morgan fingerprint density at radius 3 is 2.47 bits per heavy atom. The van der Waals surface area contributed by atoms with Crippen molar-refractivity contribution in [2.45, 2.75) is 28.9 Å². The van der Waals surface area contributed by atoms with E-state index in [0.29, 0.717) is 18.7 Å². The highest BCUT2D eigenvalue weighted by atomic mass is 32.2. The molecule has 3 aromatic carbocycles. The number of rotatable bonds is 6. The summed E-state index contributed by atoms with van der Waals surface area (Å²) in [5.74, 6) is 0.780. The Balaban J connectivity index is 1.44. The highest BCUT2D eigenvalue weighted by molar-refractivity contribution is 7.98. The molecule has 0 saturated carbocycles. The molecular weight excluding hydrogens is 416 g/mol. The molecule has 1 aliphatic heterocycles. The van der Waals surface area contributed by atoms with Crippen molar-refractivity contribution >= 4 is 39.1 Å². The van der Waals surface area contributed by atoms with Crippen LogP contribution < -0.4 is 9.62 Å². The lowest BCUT2D eigenvalue weighted by Crippen LogP contribution is -2.25. The zero-order valence-corrected chi connectivity index (χ0v) is 18.2. The van der Waals surface area contributed by atoms with Gasteiger partial charge in [-0.25, -0.2) is 8.42 Å². The van der Waals surface area contributed by atoms with Crippen LogP contribution in [0, 0.1) is 0 Å². The molecule has 0 bridgehead atoms. The minimum Gasteiger partial charge on any atom is -0.312 e. The van der Waals surface area contributed by atoms with Crippen LogP contribution in [0.5, 0.6) is 0 Å². The van der Waals surface area contributed by atoms with Crippen LogP contribution in [0.3, 0.4) is 0 Å². The number of anilines is 2. The molecule has 0 aliphatic carbocycles. The van der Waals surface area contributed by atoms with Crippen LogP contribution in [-0.2, 0) is 27.0 Å². The van der Waals surface area contributed by atoms with E-state index in [4.69, 9.17) is 0 Å². The van der Waals surface area contributed by atoms with Gasteiger partial charge >= 0.3 is 0 Å². The molecule has 1 heterocycles. The molecule has 0 saturated heterocycles. The zero-order valence-electron chi connectivity index (χ0n) is 16.5. The Morgan fingerprint density at radius 1 is 1.03 bits per heavy atom. The molecule has 1 N–H and O–H groups in total. The average molecular weight is 439 g/mol. The Morgan fingerprint density at radius 2 is 1.77 bits per heavy atom. The maximum atomic E-state index is 12.8. The van der Waals surface area contributed by atoms with Crippen LogP contribution in [0.1, 0.15) is 18.1 Å². The molecule has 0 atom stereocenters. The first-order valence-electron chi connectivity index (χ1n) is 9.63. The van der Waals surface area contributed by atoms with Crippen LogP contribution in [0.25, 0.3) is 0 Å². The number of hydrogen-bond acceptors (Lipinski definition) is 4. The number of sulfonamides is 1. The summed E-state index contributed by atoms with van der Waals surface area (Å²) in [7, 11) is -3.70. The number of amides is 1. The number of benzene rings is 3. The summed E-state index contributed by atoms with van der Waals surface area (Å²) in [6.07, 6.45) is 0.659. The summed E-state index contributed by atoms with van der Waals surface area (Å²) in [5.41, 5.74) is 3.31. The van der Waals surface area contributed by atoms with E-state index >= 15 is 0 Å². The molecule has 0 fully saturated rings. The molecule has 3 aromatic rings. The van der Waals surface area contributed by atoms with Crippen molar-refractivity contribution in [3.8, 4) is 0 Å². The minimum atomic E-state index is -3.70. The largest absolute Gasteiger partial charge is 0.312 e. The lowest BCUT2D eigenvalue weighted by Gasteiger charge is -2.15. The summed E-state index contributed by atoms with van der Waals surface area (Å²) in [6, 6.07) is 22.5. The van der Waals surface area contributed by atoms with Gasteiger partial charge in [0.25, 0.3) is 10.0 Å². The van der Waals surface area contributed by atoms with Crippen LogP contribution in [0.4, 0.5) is 11.4 Å². The molecule has 154 valence electrons. The summed E-state index contributed by atoms with van der Waals surface area (Å²) in [5, 5.41) is 0. The Bertz CT molecular complexity index is 1160. The van der Waals surface area contributed by atoms with Crippen molar-refractivity contribution < 1.29 is 13.2 Å². The minimum absolute atomic E-state index is 0.0343. The highest BCUT2D eigenvalue weighted by Gasteiger charge is 2.24. The smallest absolute Gasteiger partial charge is 0.261 e. The van der Waals surface area contributed by atoms with Crippen LogP contribution >= 0.6 is 11.8 Å².